The molecule has 0 amide bonds. The van der Waals surface area contributed by atoms with E-state index in [0.717, 1.165) is 3.95 Å². The summed E-state index contributed by atoms with van der Waals surface area (Å²) in [6, 6.07) is 2.32. The summed E-state index contributed by atoms with van der Waals surface area (Å²) in [6.07, 6.45) is 2.15. The van der Waals surface area contributed by atoms with Crippen LogP contribution in [0.3, 0.4) is 0 Å². The zero-order chi connectivity index (χ0) is 19.3. The molecule has 0 atom stereocenters. The van der Waals surface area contributed by atoms with Crippen molar-refractivity contribution in [2.45, 2.75) is 52.8 Å². The Kier molecular flexibility index (Phi) is 5.50. The lowest BCUT2D eigenvalue weighted by Gasteiger charge is -2.16. The van der Waals surface area contributed by atoms with Crippen molar-refractivity contribution in [2.75, 3.05) is 6.26 Å². The predicted octanol–water partition coefficient (Wildman–Crippen LogP) is 6.49. The van der Waals surface area contributed by atoms with Gasteiger partial charge in [0.25, 0.3) is 0 Å². The molecule has 0 aliphatic heterocycles. The van der Waals surface area contributed by atoms with Gasteiger partial charge in [-0.15, -0.1) is 15.9 Å². The molecule has 2 heterocycles. The maximum Gasteiger partial charge on any atom is 0.303 e. The van der Waals surface area contributed by atoms with Crippen molar-refractivity contribution in [1.29, 1.82) is 0 Å². The van der Waals surface area contributed by atoms with Crippen LogP contribution in [0.4, 0.5) is 0 Å². The second-order valence-corrected chi connectivity index (χ2v) is 10.8. The van der Waals surface area contributed by atoms with Crippen molar-refractivity contribution in [3.8, 4) is 11.4 Å². The number of thiazole rings is 2. The van der Waals surface area contributed by atoms with Crippen LogP contribution >= 0.6 is 46.7 Å². The molecule has 0 aliphatic rings. The summed E-state index contributed by atoms with van der Waals surface area (Å²) in [5.74, 6) is 0. The van der Waals surface area contributed by atoms with Crippen LogP contribution in [0.25, 0.3) is 11.4 Å². The third-order valence-corrected chi connectivity index (χ3v) is 8.99. The summed E-state index contributed by atoms with van der Waals surface area (Å²) < 4.78 is 6.90. The lowest BCUT2D eigenvalue weighted by molar-refractivity contribution is -0.635. The minimum Gasteiger partial charge on any atom is -0.295 e. The van der Waals surface area contributed by atoms with E-state index in [1.165, 1.54) is 53.5 Å². The van der Waals surface area contributed by atoms with Crippen LogP contribution in [0, 0.1) is 52.4 Å². The molecule has 0 bridgehead atoms. The van der Waals surface area contributed by atoms with E-state index < -0.39 is 0 Å². The van der Waals surface area contributed by atoms with Gasteiger partial charge in [0, 0.05) is 29.1 Å². The van der Waals surface area contributed by atoms with Gasteiger partial charge in [-0.05, 0) is 82.9 Å². The number of thioether (sulfide) groups is 1. The van der Waals surface area contributed by atoms with Crippen LogP contribution in [0.15, 0.2) is 10.4 Å². The largest absolute Gasteiger partial charge is 0.303 e. The molecule has 0 spiro atoms. The summed E-state index contributed by atoms with van der Waals surface area (Å²) in [5, 5.41) is 0. The highest BCUT2D eigenvalue weighted by Gasteiger charge is 2.27. The van der Waals surface area contributed by atoms with Gasteiger partial charge in [0.15, 0.2) is 9.65 Å². The summed E-state index contributed by atoms with van der Waals surface area (Å²) >= 11 is 11.1. The Bertz CT molecular complexity index is 1070. The van der Waals surface area contributed by atoms with Gasteiger partial charge in [-0.2, -0.15) is 0 Å². The average Bonchev–Trinajstić information content (AvgIpc) is 3.02. The van der Waals surface area contributed by atoms with Crippen molar-refractivity contribution < 1.29 is 4.57 Å². The van der Waals surface area contributed by atoms with Gasteiger partial charge in [0.2, 0.25) is 5.69 Å². The second-order valence-electron chi connectivity index (χ2n) is 6.68. The molecule has 138 valence electrons. The molecule has 0 fully saturated rings. The zero-order valence-electron chi connectivity index (χ0n) is 16.6. The quantitative estimate of drug-likeness (QED) is 0.271. The molecule has 0 aliphatic carbocycles. The third-order valence-electron chi connectivity index (χ3n) is 5.36. The molecule has 0 saturated carbocycles. The Labute approximate surface area is 173 Å². The second kappa shape index (κ2) is 7.23. The minimum absolute atomic E-state index is 0.922. The number of rotatable bonds is 3. The first-order valence-electron chi connectivity index (χ1n) is 8.55. The molecule has 26 heavy (non-hydrogen) atoms. The maximum atomic E-state index is 5.69. The van der Waals surface area contributed by atoms with E-state index in [1.54, 1.807) is 11.3 Å². The third kappa shape index (κ3) is 3.01. The van der Waals surface area contributed by atoms with Gasteiger partial charge in [-0.1, -0.05) is 11.3 Å². The molecular weight excluding hydrogens is 397 g/mol. The van der Waals surface area contributed by atoms with Crippen molar-refractivity contribution in [3.63, 3.8) is 0 Å². The van der Waals surface area contributed by atoms with Crippen LogP contribution in [-0.2, 0) is 0 Å². The molecular formula is C20H25N2S4+. The fourth-order valence-electron chi connectivity index (χ4n) is 3.26. The van der Waals surface area contributed by atoms with E-state index in [1.807, 2.05) is 23.1 Å². The minimum atomic E-state index is 0.922. The van der Waals surface area contributed by atoms with Gasteiger partial charge in [0.1, 0.15) is 0 Å². The van der Waals surface area contributed by atoms with E-state index in [0.29, 0.717) is 0 Å². The monoisotopic (exact) mass is 421 g/mol. The summed E-state index contributed by atoms with van der Waals surface area (Å²) in [4.78, 5) is 2.65. The van der Waals surface area contributed by atoms with Crippen molar-refractivity contribution >= 4 is 46.7 Å². The number of aryl methyl sites for hydroxylation is 2. The standard InChI is InChI=1S/C20H25N2S4/c1-10-11(2)17(21-13(4)15(6)25-19(21)23)9-18(12(10)3)22-14(5)16(7)26-20(22)24-8/h9H,1-8H3/q+1. The average molecular weight is 422 g/mol. The first kappa shape index (κ1) is 19.8. The first-order chi connectivity index (χ1) is 12.2. The van der Waals surface area contributed by atoms with Crippen molar-refractivity contribution in [2.24, 2.45) is 0 Å². The molecule has 2 nitrogen and oxygen atoms in total. The molecule has 0 unspecified atom stereocenters. The lowest BCUT2D eigenvalue weighted by Crippen LogP contribution is -2.35. The highest BCUT2D eigenvalue weighted by molar-refractivity contribution is 8.00. The van der Waals surface area contributed by atoms with Crippen LogP contribution in [-0.4, -0.2) is 10.8 Å². The van der Waals surface area contributed by atoms with Crippen LogP contribution in [0.5, 0.6) is 0 Å². The normalized spacial score (nSPS) is 11.4. The molecule has 6 heteroatoms. The molecule has 3 aromatic rings. The zero-order valence-corrected chi connectivity index (χ0v) is 19.9. The number of benzene rings is 1. The molecule has 2 aromatic heterocycles. The highest BCUT2D eigenvalue weighted by atomic mass is 32.2. The van der Waals surface area contributed by atoms with Gasteiger partial charge < -0.3 is 0 Å². The number of hydrogen-bond donors (Lipinski definition) is 0. The summed E-state index contributed by atoms with van der Waals surface area (Å²) in [6.45, 7) is 15.4. The van der Waals surface area contributed by atoms with Crippen molar-refractivity contribution in [1.82, 2.24) is 4.57 Å². The number of hydrogen-bond acceptors (Lipinski definition) is 4. The molecule has 1 aromatic carbocycles. The van der Waals surface area contributed by atoms with Gasteiger partial charge in [-0.3, -0.25) is 4.57 Å². The molecule has 3 rings (SSSR count). The van der Waals surface area contributed by atoms with E-state index >= 15 is 0 Å². The van der Waals surface area contributed by atoms with Gasteiger partial charge >= 0.3 is 4.34 Å². The summed E-state index contributed by atoms with van der Waals surface area (Å²) in [7, 11) is 0. The Morgan fingerprint density at radius 3 is 2.12 bits per heavy atom. The maximum absolute atomic E-state index is 5.69. The Balaban J connectivity index is 2.41. The highest BCUT2D eigenvalue weighted by Crippen LogP contribution is 2.32. The van der Waals surface area contributed by atoms with Crippen LogP contribution < -0.4 is 4.57 Å². The molecule has 0 saturated heterocycles. The lowest BCUT2D eigenvalue weighted by atomic mass is 9.99. The van der Waals surface area contributed by atoms with Crippen LogP contribution in [0.1, 0.15) is 37.8 Å². The topological polar surface area (TPSA) is 8.81 Å². The van der Waals surface area contributed by atoms with E-state index in [-0.39, 0.29) is 0 Å². The smallest absolute Gasteiger partial charge is 0.295 e. The predicted molar refractivity (Wildman–Crippen MR) is 119 cm³/mol. The SMILES string of the molecule is CSc1sc(C)c(C)[n+]1-c1cc(-n2c(C)c(C)sc2=S)c(C)c(C)c1C. The Morgan fingerprint density at radius 1 is 0.923 bits per heavy atom. The van der Waals surface area contributed by atoms with Crippen LogP contribution in [0.2, 0.25) is 0 Å². The number of nitrogens with zero attached hydrogens (tertiary/aromatic N) is 2. The van der Waals surface area contributed by atoms with E-state index in [9.17, 15) is 0 Å². The van der Waals surface area contributed by atoms with E-state index in [2.05, 4.69) is 69.9 Å². The fourth-order valence-corrected chi connectivity index (χ4v) is 6.65. The van der Waals surface area contributed by atoms with Gasteiger partial charge in [-0.25, -0.2) is 0 Å². The van der Waals surface area contributed by atoms with Gasteiger partial charge in [0.05, 0.1) is 10.6 Å². The van der Waals surface area contributed by atoms with Crippen molar-refractivity contribution in [3.05, 3.63) is 47.9 Å². The Morgan fingerprint density at radius 2 is 1.58 bits per heavy atom. The Hall–Kier alpha value is -0.950. The molecule has 0 N–H and O–H groups in total. The summed E-state index contributed by atoms with van der Waals surface area (Å²) in [5.41, 5.74) is 9.01. The first-order valence-corrected chi connectivity index (χ1v) is 11.8. The number of aromatic nitrogens is 2. The molecule has 0 radical (unpaired) electrons. The van der Waals surface area contributed by atoms with E-state index in [4.69, 9.17) is 12.2 Å². The fraction of sp³-hybridized carbons (Fsp3) is 0.400.